The van der Waals surface area contributed by atoms with Gasteiger partial charge in [0, 0.05) is 25.7 Å². The van der Waals surface area contributed by atoms with Gasteiger partial charge in [-0.15, -0.1) is 0 Å². The molecule has 0 aliphatic carbocycles. The quantitative estimate of drug-likeness (QED) is 0.932. The second-order valence-electron chi connectivity index (χ2n) is 6.50. The highest BCUT2D eigenvalue weighted by Gasteiger charge is 2.33. The van der Waals surface area contributed by atoms with Crippen molar-refractivity contribution in [1.82, 2.24) is 19.8 Å². The van der Waals surface area contributed by atoms with Crippen LogP contribution in [-0.2, 0) is 6.54 Å². The minimum atomic E-state index is 0.697. The van der Waals surface area contributed by atoms with Crippen molar-refractivity contribution in [1.29, 1.82) is 0 Å². The lowest BCUT2D eigenvalue weighted by atomic mass is 9.84. The Bertz CT molecular complexity index is 625. The third-order valence-electron chi connectivity index (χ3n) is 5.24. The van der Waals surface area contributed by atoms with Crippen LogP contribution >= 0.6 is 0 Å². The molecule has 3 saturated heterocycles. The predicted molar refractivity (Wildman–Crippen MR) is 85.4 cm³/mol. The molecule has 1 unspecified atom stereocenters. The minimum Gasteiger partial charge on any atom is -0.327 e. The molecular formula is C17H24N4. The van der Waals surface area contributed by atoms with E-state index in [1.54, 1.807) is 0 Å². The highest BCUT2D eigenvalue weighted by molar-refractivity contribution is 5.75. The summed E-state index contributed by atoms with van der Waals surface area (Å²) in [6.45, 7) is 8.02. The van der Waals surface area contributed by atoms with Gasteiger partial charge in [-0.05, 0) is 50.9 Å². The molecule has 4 heteroatoms. The minimum absolute atomic E-state index is 0.697. The average molecular weight is 284 g/mol. The Labute approximate surface area is 126 Å². The first kappa shape index (κ1) is 13.3. The summed E-state index contributed by atoms with van der Waals surface area (Å²) in [5.74, 6) is 2.02. The zero-order chi connectivity index (χ0) is 14.2. The van der Waals surface area contributed by atoms with Crippen LogP contribution in [0.25, 0.3) is 11.0 Å². The number of hydrogen-bond acceptors (Lipinski definition) is 3. The predicted octanol–water partition coefficient (Wildman–Crippen LogP) is 2.03. The second kappa shape index (κ2) is 5.43. The molecule has 21 heavy (non-hydrogen) atoms. The number of aromatic nitrogens is 2. The average Bonchev–Trinajstić information content (AvgIpc) is 2.85. The van der Waals surface area contributed by atoms with Crippen molar-refractivity contribution in [3.8, 4) is 0 Å². The van der Waals surface area contributed by atoms with E-state index in [2.05, 4.69) is 51.0 Å². The number of para-hydroxylation sites is 2. The summed E-state index contributed by atoms with van der Waals surface area (Å²) < 4.78 is 2.34. The molecule has 0 spiro atoms. The number of benzene rings is 1. The molecule has 1 N–H and O–H groups in total. The van der Waals surface area contributed by atoms with Crippen molar-refractivity contribution < 1.29 is 0 Å². The van der Waals surface area contributed by atoms with Gasteiger partial charge in [-0.25, -0.2) is 4.98 Å². The number of nitrogens with zero attached hydrogens (tertiary/aromatic N) is 3. The van der Waals surface area contributed by atoms with E-state index < -0.39 is 0 Å². The lowest BCUT2D eigenvalue weighted by molar-refractivity contribution is 0.0725. The summed E-state index contributed by atoms with van der Waals surface area (Å²) in [5, 5.41) is 3.79. The summed E-state index contributed by atoms with van der Waals surface area (Å²) in [6, 6.07) is 9.12. The first-order valence-electron chi connectivity index (χ1n) is 8.19. The Morgan fingerprint density at radius 1 is 1.24 bits per heavy atom. The number of aryl methyl sites for hydroxylation is 1. The maximum atomic E-state index is 4.64. The van der Waals surface area contributed by atoms with E-state index in [1.165, 1.54) is 38.0 Å². The van der Waals surface area contributed by atoms with Gasteiger partial charge in [0.25, 0.3) is 0 Å². The molecule has 0 amide bonds. The highest BCUT2D eigenvalue weighted by Crippen LogP contribution is 2.27. The number of rotatable bonds is 4. The first-order chi connectivity index (χ1) is 10.3. The number of nitrogens with one attached hydrogen (secondary N) is 1. The summed E-state index contributed by atoms with van der Waals surface area (Å²) in [6.07, 6.45) is 2.76. The fourth-order valence-corrected chi connectivity index (χ4v) is 4.04. The van der Waals surface area contributed by atoms with E-state index in [9.17, 15) is 0 Å². The molecule has 4 nitrogen and oxygen atoms in total. The third-order valence-corrected chi connectivity index (χ3v) is 5.24. The van der Waals surface area contributed by atoms with Crippen LogP contribution in [0.5, 0.6) is 0 Å². The summed E-state index contributed by atoms with van der Waals surface area (Å²) >= 11 is 0. The van der Waals surface area contributed by atoms with E-state index >= 15 is 0 Å². The normalized spacial score (nSPS) is 28.3. The number of fused-ring (bicyclic) bond motifs is 4. The van der Waals surface area contributed by atoms with Crippen molar-refractivity contribution in [2.45, 2.75) is 32.4 Å². The van der Waals surface area contributed by atoms with Gasteiger partial charge in [0.15, 0.2) is 0 Å². The maximum Gasteiger partial charge on any atom is 0.106 e. The Hall–Kier alpha value is -1.39. The highest BCUT2D eigenvalue weighted by atomic mass is 15.2. The van der Waals surface area contributed by atoms with E-state index in [0.717, 1.165) is 30.3 Å². The van der Waals surface area contributed by atoms with Crippen molar-refractivity contribution in [3.63, 3.8) is 0 Å². The van der Waals surface area contributed by atoms with E-state index in [1.807, 2.05) is 0 Å². The molecule has 3 aliphatic rings. The molecule has 3 aliphatic heterocycles. The third kappa shape index (κ3) is 2.47. The molecule has 2 bridgehead atoms. The van der Waals surface area contributed by atoms with Crippen LogP contribution in [0.15, 0.2) is 24.3 Å². The molecule has 1 aromatic heterocycles. The Morgan fingerprint density at radius 3 is 2.81 bits per heavy atom. The van der Waals surface area contributed by atoms with Crippen molar-refractivity contribution >= 4 is 11.0 Å². The molecule has 1 aromatic carbocycles. The summed E-state index contributed by atoms with van der Waals surface area (Å²) in [7, 11) is 0. The lowest BCUT2D eigenvalue weighted by Crippen LogP contribution is -2.56. The van der Waals surface area contributed by atoms with Crippen LogP contribution in [-0.4, -0.2) is 46.7 Å². The standard InChI is InChI=1S/C17H24N4/c1-13-19-15-4-2-3-5-17(15)21(13)11-8-18-16-12-20-9-6-14(16)7-10-20/h2-5,14,16,18H,6-12H2,1H3. The van der Waals surface area contributed by atoms with Gasteiger partial charge in [-0.3, -0.25) is 0 Å². The summed E-state index contributed by atoms with van der Waals surface area (Å²) in [5.41, 5.74) is 2.36. The molecule has 5 rings (SSSR count). The fraction of sp³-hybridized carbons (Fsp3) is 0.588. The molecule has 112 valence electrons. The smallest absolute Gasteiger partial charge is 0.106 e. The van der Waals surface area contributed by atoms with Crippen LogP contribution in [0.2, 0.25) is 0 Å². The monoisotopic (exact) mass is 284 g/mol. The molecule has 4 heterocycles. The topological polar surface area (TPSA) is 33.1 Å². The molecule has 2 aromatic rings. The molecule has 3 fully saturated rings. The zero-order valence-electron chi connectivity index (χ0n) is 12.8. The zero-order valence-corrected chi connectivity index (χ0v) is 12.8. The molecular weight excluding hydrogens is 260 g/mol. The van der Waals surface area contributed by atoms with Crippen LogP contribution < -0.4 is 5.32 Å². The van der Waals surface area contributed by atoms with E-state index in [0.29, 0.717) is 6.04 Å². The van der Waals surface area contributed by atoms with Crippen molar-refractivity contribution in [2.24, 2.45) is 5.92 Å². The first-order valence-corrected chi connectivity index (χ1v) is 8.19. The maximum absolute atomic E-state index is 4.64. The van der Waals surface area contributed by atoms with Crippen molar-refractivity contribution in [2.75, 3.05) is 26.2 Å². The van der Waals surface area contributed by atoms with Crippen LogP contribution in [0.3, 0.4) is 0 Å². The fourth-order valence-electron chi connectivity index (χ4n) is 4.04. The molecule has 0 radical (unpaired) electrons. The van der Waals surface area contributed by atoms with Gasteiger partial charge in [0.2, 0.25) is 0 Å². The lowest BCUT2D eigenvalue weighted by Gasteiger charge is -2.45. The molecule has 0 saturated carbocycles. The van der Waals surface area contributed by atoms with Crippen LogP contribution in [0.4, 0.5) is 0 Å². The SMILES string of the molecule is Cc1nc2ccccc2n1CCNC1CN2CCC1CC2. The Balaban J connectivity index is 1.41. The van der Waals surface area contributed by atoms with Gasteiger partial charge in [0.1, 0.15) is 5.82 Å². The Kier molecular flexibility index (Phi) is 3.43. The van der Waals surface area contributed by atoms with Gasteiger partial charge in [0.05, 0.1) is 11.0 Å². The largest absolute Gasteiger partial charge is 0.327 e. The Morgan fingerprint density at radius 2 is 2.05 bits per heavy atom. The van der Waals surface area contributed by atoms with E-state index in [4.69, 9.17) is 0 Å². The second-order valence-corrected chi connectivity index (χ2v) is 6.50. The van der Waals surface area contributed by atoms with Gasteiger partial charge in [-0.1, -0.05) is 12.1 Å². The van der Waals surface area contributed by atoms with Crippen LogP contribution in [0, 0.1) is 12.8 Å². The van der Waals surface area contributed by atoms with Gasteiger partial charge in [-0.2, -0.15) is 0 Å². The number of imidazole rings is 1. The number of piperidine rings is 3. The molecule has 1 atom stereocenters. The van der Waals surface area contributed by atoms with Crippen LogP contribution in [0.1, 0.15) is 18.7 Å². The number of hydrogen-bond donors (Lipinski definition) is 1. The summed E-state index contributed by atoms with van der Waals surface area (Å²) in [4.78, 5) is 7.25. The van der Waals surface area contributed by atoms with Crippen molar-refractivity contribution in [3.05, 3.63) is 30.1 Å². The van der Waals surface area contributed by atoms with Gasteiger partial charge >= 0.3 is 0 Å². The van der Waals surface area contributed by atoms with E-state index in [-0.39, 0.29) is 0 Å². The van der Waals surface area contributed by atoms with Gasteiger partial charge < -0.3 is 14.8 Å².